The normalized spacial score (nSPS) is 23.5. The molecular formula is C47H68BrN2O2+. The Bertz CT molecular complexity index is 1510. The van der Waals surface area contributed by atoms with Crippen molar-refractivity contribution < 1.29 is 14.4 Å². The van der Waals surface area contributed by atoms with E-state index in [1.807, 2.05) is 0 Å². The predicted molar refractivity (Wildman–Crippen MR) is 225 cm³/mol. The fourth-order valence-electron chi connectivity index (χ4n) is 9.70. The minimum atomic E-state index is -0.0893. The van der Waals surface area contributed by atoms with Crippen LogP contribution in [-0.4, -0.2) is 30.9 Å². The number of aryl methyl sites for hydroxylation is 2. The number of unbranched alkanes of at least 4 members (excludes halogenated alkanes) is 7. The van der Waals surface area contributed by atoms with Crippen molar-refractivity contribution in [3.8, 4) is 5.75 Å². The Kier molecular flexibility index (Phi) is 15.7. The lowest BCUT2D eigenvalue weighted by molar-refractivity contribution is -0.697. The average molecular weight is 773 g/mol. The number of aromatic nitrogens is 1. The molecule has 52 heavy (non-hydrogen) atoms. The second-order valence-electron chi connectivity index (χ2n) is 16.4. The molecule has 3 unspecified atom stereocenters. The van der Waals surface area contributed by atoms with Crippen LogP contribution in [0.4, 0.5) is 5.69 Å². The third kappa shape index (κ3) is 10.3. The van der Waals surface area contributed by atoms with Crippen molar-refractivity contribution in [3.63, 3.8) is 0 Å². The number of nitrogens with zero attached hydrogens (tertiary/aromatic N) is 2. The van der Waals surface area contributed by atoms with Crippen molar-refractivity contribution in [2.24, 2.45) is 17.3 Å². The third-order valence-electron chi connectivity index (χ3n) is 12.9. The number of hydrogen-bond donors (Lipinski definition) is 1. The minimum Gasteiger partial charge on any atom is -0.494 e. The summed E-state index contributed by atoms with van der Waals surface area (Å²) in [5.41, 5.74) is 7.11. The van der Waals surface area contributed by atoms with Gasteiger partial charge >= 0.3 is 0 Å². The van der Waals surface area contributed by atoms with E-state index in [9.17, 15) is 5.11 Å². The summed E-state index contributed by atoms with van der Waals surface area (Å²) < 4.78 is 8.56. The Labute approximate surface area is 326 Å². The van der Waals surface area contributed by atoms with Crippen LogP contribution in [0.3, 0.4) is 0 Å². The van der Waals surface area contributed by atoms with Crippen LogP contribution in [-0.2, 0) is 13.0 Å². The summed E-state index contributed by atoms with van der Waals surface area (Å²) in [5, 5.41) is 10.7. The van der Waals surface area contributed by atoms with Gasteiger partial charge in [-0.25, -0.2) is 4.57 Å². The lowest BCUT2D eigenvalue weighted by atomic mass is 9.55. The number of benzene rings is 2. The van der Waals surface area contributed by atoms with Crippen LogP contribution in [0.15, 0.2) is 67.0 Å². The first-order valence-corrected chi connectivity index (χ1v) is 20.9. The monoisotopic (exact) mass is 771 g/mol. The highest BCUT2D eigenvalue weighted by atomic mass is 79.9. The van der Waals surface area contributed by atoms with Gasteiger partial charge in [0.15, 0.2) is 12.4 Å². The molecule has 1 heterocycles. The summed E-state index contributed by atoms with van der Waals surface area (Å²) in [7, 11) is 0. The van der Waals surface area contributed by atoms with Gasteiger partial charge in [-0.1, -0.05) is 83.2 Å². The number of rotatable bonds is 19. The van der Waals surface area contributed by atoms with E-state index in [4.69, 9.17) is 4.74 Å². The van der Waals surface area contributed by atoms with E-state index in [0.717, 1.165) is 50.8 Å². The Hall–Kier alpha value is -2.63. The molecule has 0 saturated heterocycles. The van der Waals surface area contributed by atoms with Gasteiger partial charge in [-0.3, -0.25) is 0 Å². The third-order valence-corrected chi connectivity index (χ3v) is 12.9. The Morgan fingerprint density at radius 1 is 0.788 bits per heavy atom. The van der Waals surface area contributed by atoms with Crippen LogP contribution in [0.5, 0.6) is 5.75 Å². The lowest BCUT2D eigenvalue weighted by Crippen LogP contribution is -2.43. The van der Waals surface area contributed by atoms with Gasteiger partial charge in [0.25, 0.3) is 0 Å². The highest BCUT2D eigenvalue weighted by Crippen LogP contribution is 2.61. The van der Waals surface area contributed by atoms with Crippen LogP contribution >= 0.6 is 17.0 Å². The van der Waals surface area contributed by atoms with Gasteiger partial charge in [0.05, 0.1) is 12.7 Å². The second kappa shape index (κ2) is 20.2. The number of pyridine rings is 1. The van der Waals surface area contributed by atoms with Crippen LogP contribution in [0, 0.1) is 17.3 Å². The molecule has 5 heteroatoms. The van der Waals surface area contributed by atoms with Gasteiger partial charge in [0.1, 0.15) is 12.3 Å². The first kappa shape index (κ1) is 40.6. The summed E-state index contributed by atoms with van der Waals surface area (Å²) in [6.07, 6.45) is 28.4. The van der Waals surface area contributed by atoms with Crippen molar-refractivity contribution in [1.29, 1.82) is 0 Å². The maximum Gasteiger partial charge on any atom is 0.169 e. The van der Waals surface area contributed by atoms with Crippen molar-refractivity contribution in [1.82, 2.24) is 0 Å². The summed E-state index contributed by atoms with van der Waals surface area (Å²) in [5.74, 6) is 3.19. The molecule has 1 aromatic heterocycles. The maximum atomic E-state index is 10.7. The molecule has 3 aromatic rings. The average Bonchev–Trinajstić information content (AvgIpc) is 3.47. The SMILES string of the molecule is Br.CCCCN(CCCC)c1ccc(/C=C/c2cc[n+](CCCCCCCCOc3ccc4c(c3)CCC3C4CC[C@@]4(C)C3CC[C@@H]4O)cc2)cc1. The number of anilines is 1. The van der Waals surface area contributed by atoms with Gasteiger partial charge in [-0.15, -0.1) is 17.0 Å². The largest absolute Gasteiger partial charge is 0.494 e. The quantitative estimate of drug-likeness (QED) is 0.0974. The molecule has 0 spiro atoms. The van der Waals surface area contributed by atoms with Crippen molar-refractivity contribution in [2.45, 2.75) is 142 Å². The standard InChI is InChI=1S/C47H67N2O2.BrH/c1-4-6-31-49(32-7-5-2)40-19-16-37(17-20-40)14-15-38-27-33-48(34-28-38)30-12-10-8-9-11-13-35-51-41-21-23-42-39(36-41)18-22-44-43(42)26-29-47(3)45(44)24-25-46(47)50;/h14-17,19-21,23,27-28,33-34,36,43-46,50H,4-13,18,22,24-26,29-32,35H2,1-3H3;1H/q+1;/t43?,44?,45?,46-,47-;/m0./s1. The molecule has 284 valence electrons. The van der Waals surface area contributed by atoms with E-state index in [0.29, 0.717) is 11.8 Å². The molecular weight excluding hydrogens is 704 g/mol. The molecule has 1 N–H and O–H groups in total. The van der Waals surface area contributed by atoms with E-state index in [1.165, 1.54) is 112 Å². The highest BCUT2D eigenvalue weighted by Gasteiger charge is 2.54. The molecule has 4 nitrogen and oxygen atoms in total. The summed E-state index contributed by atoms with van der Waals surface area (Å²) in [6, 6.07) is 20.5. The second-order valence-corrected chi connectivity index (χ2v) is 16.4. The zero-order chi connectivity index (χ0) is 35.5. The van der Waals surface area contributed by atoms with E-state index in [1.54, 1.807) is 5.56 Å². The molecule has 2 aromatic carbocycles. The van der Waals surface area contributed by atoms with Crippen LogP contribution in [0.1, 0.15) is 145 Å². The zero-order valence-corrected chi connectivity index (χ0v) is 34.3. The molecule has 3 aliphatic rings. The maximum absolute atomic E-state index is 10.7. The molecule has 0 bridgehead atoms. The fourth-order valence-corrected chi connectivity index (χ4v) is 9.70. The molecule has 0 aliphatic heterocycles. The molecule has 2 fully saturated rings. The molecule has 0 radical (unpaired) electrons. The topological polar surface area (TPSA) is 36.6 Å². The van der Waals surface area contributed by atoms with Gasteiger partial charge in [0, 0.05) is 37.3 Å². The van der Waals surface area contributed by atoms with Crippen LogP contribution in [0.25, 0.3) is 12.2 Å². The molecule has 5 atom stereocenters. The van der Waals surface area contributed by atoms with Crippen molar-refractivity contribution in [2.75, 3.05) is 24.6 Å². The van der Waals surface area contributed by atoms with E-state index in [2.05, 4.69) is 109 Å². The number of ether oxygens (including phenoxy) is 1. The summed E-state index contributed by atoms with van der Waals surface area (Å²) >= 11 is 0. The Morgan fingerprint density at radius 2 is 1.46 bits per heavy atom. The predicted octanol–water partition coefficient (Wildman–Crippen LogP) is 11.8. The number of aliphatic hydroxyl groups is 1. The van der Waals surface area contributed by atoms with Crippen LogP contribution < -0.4 is 14.2 Å². The molecule has 2 saturated carbocycles. The fraction of sp³-hybridized carbons (Fsp3) is 0.596. The number of fused-ring (bicyclic) bond motifs is 5. The van der Waals surface area contributed by atoms with Gasteiger partial charge < -0.3 is 14.7 Å². The first-order chi connectivity index (χ1) is 25.0. The number of hydrogen-bond acceptors (Lipinski definition) is 3. The Morgan fingerprint density at radius 3 is 2.17 bits per heavy atom. The Balaban J connectivity index is 0.00000523. The van der Waals surface area contributed by atoms with E-state index < -0.39 is 0 Å². The number of halogens is 1. The van der Waals surface area contributed by atoms with Crippen molar-refractivity contribution >= 4 is 34.8 Å². The zero-order valence-electron chi connectivity index (χ0n) is 32.6. The van der Waals surface area contributed by atoms with E-state index >= 15 is 0 Å². The summed E-state index contributed by atoms with van der Waals surface area (Å²) in [6.45, 7) is 11.1. The highest BCUT2D eigenvalue weighted by molar-refractivity contribution is 8.93. The summed E-state index contributed by atoms with van der Waals surface area (Å²) in [4.78, 5) is 2.55. The molecule has 3 aliphatic carbocycles. The van der Waals surface area contributed by atoms with E-state index in [-0.39, 0.29) is 28.5 Å². The lowest BCUT2D eigenvalue weighted by Gasteiger charge is -2.50. The molecule has 0 amide bonds. The van der Waals surface area contributed by atoms with Crippen LogP contribution in [0.2, 0.25) is 0 Å². The van der Waals surface area contributed by atoms with Gasteiger partial charge in [-0.05, 0) is 134 Å². The number of aliphatic hydroxyl groups excluding tert-OH is 1. The van der Waals surface area contributed by atoms with Crippen molar-refractivity contribution in [3.05, 3.63) is 89.2 Å². The first-order valence-electron chi connectivity index (χ1n) is 20.9. The van der Waals surface area contributed by atoms with Gasteiger partial charge in [0.2, 0.25) is 0 Å². The smallest absolute Gasteiger partial charge is 0.169 e. The molecule has 6 rings (SSSR count). The minimum absolute atomic E-state index is 0. The van der Waals surface area contributed by atoms with Gasteiger partial charge in [-0.2, -0.15) is 0 Å².